The van der Waals surface area contributed by atoms with E-state index in [-0.39, 0.29) is 31.2 Å². The summed E-state index contributed by atoms with van der Waals surface area (Å²) in [6, 6.07) is 2.04. The normalized spacial score (nSPS) is 15.0. The molecule has 6 nitrogen and oxygen atoms in total. The quantitative estimate of drug-likeness (QED) is 0.824. The van der Waals surface area contributed by atoms with Crippen LogP contribution in [0.25, 0.3) is 0 Å². The molecule has 0 bridgehead atoms. The lowest BCUT2D eigenvalue weighted by molar-refractivity contribution is -0.141. The van der Waals surface area contributed by atoms with Crippen molar-refractivity contribution in [2.75, 3.05) is 13.1 Å². The summed E-state index contributed by atoms with van der Waals surface area (Å²) in [6.07, 6.45) is 1.13. The number of thiophene rings is 1. The molecule has 1 aromatic rings. The Labute approximate surface area is 133 Å². The Bertz CT molecular complexity index is 570. The van der Waals surface area contributed by atoms with Gasteiger partial charge in [0.1, 0.15) is 0 Å². The lowest BCUT2D eigenvalue weighted by Gasteiger charge is -2.27. The van der Waals surface area contributed by atoms with Crippen molar-refractivity contribution in [3.63, 3.8) is 0 Å². The molecule has 0 aliphatic carbocycles. The minimum atomic E-state index is -0.948. The summed E-state index contributed by atoms with van der Waals surface area (Å²) in [5, 5.41) is 13.3. The van der Waals surface area contributed by atoms with Gasteiger partial charge in [0.25, 0.3) is 0 Å². The maximum absolute atomic E-state index is 12.1. The highest BCUT2D eigenvalue weighted by Gasteiger charge is 2.22. The number of nitrogens with one attached hydrogen (secondary N) is 1. The molecule has 0 aromatic carbocycles. The first kappa shape index (κ1) is 16.5. The van der Waals surface area contributed by atoms with Gasteiger partial charge in [0, 0.05) is 37.4 Å². The molecule has 0 fully saturated rings. The minimum absolute atomic E-state index is 0.0294. The van der Waals surface area contributed by atoms with Crippen LogP contribution in [0.5, 0.6) is 0 Å². The van der Waals surface area contributed by atoms with Gasteiger partial charge in [-0.1, -0.05) is 6.92 Å². The largest absolute Gasteiger partial charge is 0.481 e. The highest BCUT2D eigenvalue weighted by atomic mass is 32.1. The van der Waals surface area contributed by atoms with Crippen molar-refractivity contribution in [2.24, 2.45) is 5.92 Å². The molecule has 0 radical (unpaired) electrons. The fourth-order valence-corrected chi connectivity index (χ4v) is 3.17. The molecule has 1 aliphatic rings. The second kappa shape index (κ2) is 7.40. The highest BCUT2D eigenvalue weighted by molar-refractivity contribution is 7.10. The summed E-state index contributed by atoms with van der Waals surface area (Å²) in [5.41, 5.74) is 1.20. The predicted octanol–water partition coefficient (Wildman–Crippen LogP) is 1.25. The van der Waals surface area contributed by atoms with Gasteiger partial charge in [-0.3, -0.25) is 14.4 Å². The molecule has 2 heterocycles. The van der Waals surface area contributed by atoms with Crippen LogP contribution in [0.2, 0.25) is 0 Å². The van der Waals surface area contributed by atoms with Crippen molar-refractivity contribution >= 4 is 29.1 Å². The van der Waals surface area contributed by atoms with Gasteiger partial charge < -0.3 is 15.3 Å². The van der Waals surface area contributed by atoms with Gasteiger partial charge in [-0.05, 0) is 23.4 Å². The molecule has 1 unspecified atom stereocenters. The average Bonchev–Trinajstić information content (AvgIpc) is 2.97. The molecule has 1 aromatic heterocycles. The van der Waals surface area contributed by atoms with Crippen molar-refractivity contribution in [3.05, 3.63) is 21.9 Å². The third-order valence-electron chi connectivity index (χ3n) is 3.75. The van der Waals surface area contributed by atoms with Gasteiger partial charge in [-0.2, -0.15) is 0 Å². The first-order valence-corrected chi connectivity index (χ1v) is 8.18. The van der Waals surface area contributed by atoms with E-state index in [9.17, 15) is 14.4 Å². The summed E-state index contributed by atoms with van der Waals surface area (Å²) in [7, 11) is 0. The fourth-order valence-electron chi connectivity index (χ4n) is 2.28. The number of amides is 2. The van der Waals surface area contributed by atoms with Crippen molar-refractivity contribution in [1.82, 2.24) is 10.2 Å². The summed E-state index contributed by atoms with van der Waals surface area (Å²) in [4.78, 5) is 37.5. The van der Waals surface area contributed by atoms with Crippen molar-refractivity contribution in [1.29, 1.82) is 0 Å². The maximum atomic E-state index is 12.1. The fraction of sp³-hybridized carbons (Fsp3) is 0.533. The van der Waals surface area contributed by atoms with Crippen molar-refractivity contribution < 1.29 is 19.5 Å². The van der Waals surface area contributed by atoms with E-state index in [1.807, 2.05) is 11.4 Å². The molecule has 0 spiro atoms. The third-order valence-corrected chi connectivity index (χ3v) is 4.78. The van der Waals surface area contributed by atoms with Crippen LogP contribution in [0.15, 0.2) is 11.4 Å². The number of carbonyl (C=O) groups is 3. The maximum Gasteiger partial charge on any atom is 0.308 e. The highest BCUT2D eigenvalue weighted by Crippen LogP contribution is 2.24. The van der Waals surface area contributed by atoms with Crippen molar-refractivity contribution in [3.8, 4) is 0 Å². The molecule has 2 N–H and O–H groups in total. The van der Waals surface area contributed by atoms with Gasteiger partial charge in [-0.15, -0.1) is 11.3 Å². The minimum Gasteiger partial charge on any atom is -0.481 e. The first-order valence-electron chi connectivity index (χ1n) is 7.30. The third kappa shape index (κ3) is 4.30. The Hall–Kier alpha value is -1.89. The Balaban J connectivity index is 1.72. The number of carboxylic acid groups (broad SMARTS) is 1. The number of rotatable bonds is 6. The summed E-state index contributed by atoms with van der Waals surface area (Å²) < 4.78 is 0. The van der Waals surface area contributed by atoms with Gasteiger partial charge >= 0.3 is 5.97 Å². The zero-order valence-electron chi connectivity index (χ0n) is 12.5. The molecule has 7 heteroatoms. The average molecular weight is 324 g/mol. The molecular formula is C15H20N2O4S. The summed E-state index contributed by atoms with van der Waals surface area (Å²) in [5.74, 6) is -1.89. The van der Waals surface area contributed by atoms with E-state index in [0.717, 1.165) is 6.42 Å². The summed E-state index contributed by atoms with van der Waals surface area (Å²) in [6.45, 7) is 2.93. The second-order valence-electron chi connectivity index (χ2n) is 5.48. The van der Waals surface area contributed by atoms with Crippen LogP contribution >= 0.6 is 11.3 Å². The van der Waals surface area contributed by atoms with E-state index < -0.39 is 11.9 Å². The van der Waals surface area contributed by atoms with Gasteiger partial charge in [0.15, 0.2) is 0 Å². The SMILES string of the molecule is CC(CNC(=O)CCC(=O)N1CCc2sccc2C1)C(=O)O. The second-order valence-corrected chi connectivity index (χ2v) is 6.48. The van der Waals surface area contributed by atoms with Crippen LogP contribution in [0.3, 0.4) is 0 Å². The van der Waals surface area contributed by atoms with E-state index in [2.05, 4.69) is 5.32 Å². The number of carbonyl (C=O) groups excluding carboxylic acids is 2. The monoisotopic (exact) mass is 324 g/mol. The molecule has 1 atom stereocenters. The number of hydrogen-bond acceptors (Lipinski definition) is 4. The van der Waals surface area contributed by atoms with Gasteiger partial charge in [0.2, 0.25) is 11.8 Å². The number of aliphatic carboxylic acids is 1. The van der Waals surface area contributed by atoms with Gasteiger partial charge in [0.05, 0.1) is 5.92 Å². The van der Waals surface area contributed by atoms with Crippen molar-refractivity contribution in [2.45, 2.75) is 32.7 Å². The number of nitrogens with zero attached hydrogens (tertiary/aromatic N) is 1. The standard InChI is InChI=1S/C15H20N2O4S/c1-10(15(20)21)8-16-13(18)2-3-14(19)17-6-4-12-11(9-17)5-7-22-12/h5,7,10H,2-4,6,8-9H2,1H3,(H,16,18)(H,20,21). The number of carboxylic acids is 1. The first-order chi connectivity index (χ1) is 10.5. The van der Waals surface area contributed by atoms with Crippen LogP contribution in [-0.2, 0) is 27.3 Å². The topological polar surface area (TPSA) is 86.7 Å². The molecule has 0 saturated carbocycles. The van der Waals surface area contributed by atoms with E-state index in [4.69, 9.17) is 5.11 Å². The summed E-state index contributed by atoms with van der Waals surface area (Å²) >= 11 is 1.72. The molecular weight excluding hydrogens is 304 g/mol. The predicted molar refractivity (Wildman–Crippen MR) is 82.5 cm³/mol. The zero-order valence-corrected chi connectivity index (χ0v) is 13.3. The van der Waals surface area contributed by atoms with Crippen LogP contribution in [0.4, 0.5) is 0 Å². The van der Waals surface area contributed by atoms with Crippen LogP contribution in [-0.4, -0.2) is 40.9 Å². The Morgan fingerprint density at radius 2 is 2.18 bits per heavy atom. The van der Waals surface area contributed by atoms with Crippen LogP contribution in [0, 0.1) is 5.92 Å². The molecule has 0 saturated heterocycles. The molecule has 120 valence electrons. The van der Waals surface area contributed by atoms with Crippen LogP contribution in [0.1, 0.15) is 30.2 Å². The lowest BCUT2D eigenvalue weighted by atomic mass is 10.1. The van der Waals surface area contributed by atoms with E-state index in [1.54, 1.807) is 16.2 Å². The Morgan fingerprint density at radius 1 is 1.41 bits per heavy atom. The number of fused-ring (bicyclic) bond motifs is 1. The molecule has 2 amide bonds. The van der Waals surface area contributed by atoms with E-state index >= 15 is 0 Å². The number of hydrogen-bond donors (Lipinski definition) is 2. The van der Waals surface area contributed by atoms with Crippen LogP contribution < -0.4 is 5.32 Å². The zero-order chi connectivity index (χ0) is 16.1. The van der Waals surface area contributed by atoms with E-state index in [0.29, 0.717) is 13.1 Å². The van der Waals surface area contributed by atoms with E-state index in [1.165, 1.54) is 17.4 Å². The Kier molecular flexibility index (Phi) is 5.54. The molecule has 22 heavy (non-hydrogen) atoms. The lowest BCUT2D eigenvalue weighted by Crippen LogP contribution is -2.36. The molecule has 1 aliphatic heterocycles. The molecule has 2 rings (SSSR count). The van der Waals surface area contributed by atoms with Gasteiger partial charge in [-0.25, -0.2) is 0 Å². The Morgan fingerprint density at radius 3 is 2.91 bits per heavy atom. The smallest absolute Gasteiger partial charge is 0.308 e.